The van der Waals surface area contributed by atoms with E-state index in [1.54, 1.807) is 12.1 Å². The van der Waals surface area contributed by atoms with Crippen molar-refractivity contribution in [1.82, 2.24) is 15.2 Å². The Balaban J connectivity index is 1.45. The number of rotatable bonds is 10. The van der Waals surface area contributed by atoms with Crippen LogP contribution in [0.25, 0.3) is 21.9 Å². The number of carbonyl (C=O) groups excluding carboxylic acids is 2. The number of hydrogen-bond acceptors (Lipinski definition) is 8. The fraction of sp³-hybridized carbons (Fsp3) is 0.361. The van der Waals surface area contributed by atoms with Gasteiger partial charge in [0.2, 0.25) is 15.9 Å². The zero-order valence-electron chi connectivity index (χ0n) is 28.8. The Hall–Kier alpha value is -4.72. The molecular weight excluding hydrogens is 644 g/mol. The van der Waals surface area contributed by atoms with Gasteiger partial charge in [0.05, 0.1) is 49.3 Å². The molecule has 0 aliphatic carbocycles. The number of likely N-dealkylation sites (N-methyl/N-ethyl adjacent to an activating group) is 1. The fourth-order valence-corrected chi connectivity index (χ4v) is 6.58. The molecule has 4 aromatic rings. The maximum absolute atomic E-state index is 13.6. The van der Waals surface area contributed by atoms with Gasteiger partial charge in [-0.25, -0.2) is 13.2 Å². The van der Waals surface area contributed by atoms with Crippen LogP contribution in [-0.2, 0) is 31.5 Å². The Morgan fingerprint density at radius 3 is 2.29 bits per heavy atom. The number of anilines is 3. The summed E-state index contributed by atoms with van der Waals surface area (Å²) in [5.41, 5.74) is 4.18. The van der Waals surface area contributed by atoms with Gasteiger partial charge in [0.1, 0.15) is 6.54 Å². The number of nitrogens with one attached hydrogen (secondary N) is 3. The van der Waals surface area contributed by atoms with E-state index in [1.165, 1.54) is 14.2 Å². The topological polar surface area (TPSA) is 142 Å². The molecule has 5 rings (SSSR count). The van der Waals surface area contributed by atoms with E-state index in [-0.39, 0.29) is 17.1 Å². The van der Waals surface area contributed by atoms with Crippen molar-refractivity contribution in [2.24, 2.45) is 0 Å². The number of aromatic nitrogens is 1. The number of carbonyl (C=O) groups is 2. The average molecular weight is 689 g/mol. The van der Waals surface area contributed by atoms with Gasteiger partial charge in [0.15, 0.2) is 5.75 Å². The molecule has 3 N–H and O–H groups in total. The third kappa shape index (κ3) is 8.48. The lowest BCUT2D eigenvalue weighted by molar-refractivity contribution is -0.119. The molecule has 3 amide bonds. The molecule has 12 nitrogen and oxygen atoms in total. The number of hydrogen-bond donors (Lipinski definition) is 3. The highest BCUT2D eigenvalue weighted by molar-refractivity contribution is 7.92. The summed E-state index contributed by atoms with van der Waals surface area (Å²) in [6.07, 6.45) is 2.90. The predicted molar refractivity (Wildman–Crippen MR) is 194 cm³/mol. The van der Waals surface area contributed by atoms with Crippen molar-refractivity contribution in [2.45, 2.75) is 32.7 Å². The van der Waals surface area contributed by atoms with Gasteiger partial charge >= 0.3 is 6.03 Å². The predicted octanol–water partition coefficient (Wildman–Crippen LogP) is 5.20. The van der Waals surface area contributed by atoms with Crippen LogP contribution in [0, 0.1) is 0 Å². The normalized spacial score (nSPS) is 13.9. The number of sulfonamides is 1. The van der Waals surface area contributed by atoms with Crippen molar-refractivity contribution in [3.05, 3.63) is 78.1 Å². The van der Waals surface area contributed by atoms with Gasteiger partial charge in [0, 0.05) is 43.8 Å². The van der Waals surface area contributed by atoms with Crippen LogP contribution in [0.1, 0.15) is 32.0 Å². The molecule has 2 heterocycles. The second-order valence-electron chi connectivity index (χ2n) is 13.0. The van der Waals surface area contributed by atoms with E-state index in [9.17, 15) is 18.0 Å². The van der Waals surface area contributed by atoms with Crippen LogP contribution in [-0.4, -0.2) is 83.5 Å². The summed E-state index contributed by atoms with van der Waals surface area (Å²) >= 11 is 0. The van der Waals surface area contributed by atoms with Gasteiger partial charge in [-0.05, 0) is 46.2 Å². The smallest absolute Gasteiger partial charge is 0.323 e. The summed E-state index contributed by atoms with van der Waals surface area (Å²) in [7, 11) is -1.11. The van der Waals surface area contributed by atoms with E-state index >= 15 is 0 Å². The zero-order chi connectivity index (χ0) is 35.3. The number of ether oxygens (including phenoxy) is 2. The van der Waals surface area contributed by atoms with E-state index in [0.29, 0.717) is 5.69 Å². The van der Waals surface area contributed by atoms with Crippen LogP contribution in [0.2, 0.25) is 0 Å². The molecule has 1 aliphatic heterocycles. The van der Waals surface area contributed by atoms with Gasteiger partial charge in [-0.1, -0.05) is 57.2 Å². The summed E-state index contributed by atoms with van der Waals surface area (Å²) in [5, 5.41) is 10.1. The van der Waals surface area contributed by atoms with E-state index in [1.807, 2.05) is 69.4 Å². The van der Waals surface area contributed by atoms with Gasteiger partial charge < -0.3 is 25.4 Å². The second kappa shape index (κ2) is 14.8. The lowest BCUT2D eigenvalue weighted by atomic mass is 9.86. The van der Waals surface area contributed by atoms with E-state index in [0.717, 1.165) is 76.6 Å². The third-order valence-electron chi connectivity index (χ3n) is 8.42. The quantitative estimate of drug-likeness (QED) is 0.207. The summed E-state index contributed by atoms with van der Waals surface area (Å²) in [5.74, 6) is -0.404. The maximum Gasteiger partial charge on any atom is 0.323 e. The lowest BCUT2D eigenvalue weighted by Gasteiger charge is -2.28. The standard InChI is InChI=1S/C36H44N6O6S/c1-36(2,3)25-19-31(34(47-5)32(20-25)42(49(6,45)46)23-33(43)37-4)40-35(44)39-30-14-13-27(28-9-7-8-10-29(28)30)24-11-12-26(38-21-24)22-41-15-17-48-18-16-41/h7-14,19-21H,15-18,22-23H2,1-6H3,(H,37,43)(H2,39,40,44). The molecule has 1 fully saturated rings. The molecule has 1 aliphatic rings. The summed E-state index contributed by atoms with van der Waals surface area (Å²) in [6, 6.07) is 18.6. The van der Waals surface area contributed by atoms with Crippen molar-refractivity contribution in [2.75, 3.05) is 68.2 Å². The largest absolute Gasteiger partial charge is 0.492 e. The molecule has 1 aromatic heterocycles. The Kier molecular flexibility index (Phi) is 10.8. The fourth-order valence-electron chi connectivity index (χ4n) is 5.73. The molecule has 13 heteroatoms. The van der Waals surface area contributed by atoms with Gasteiger partial charge in [0.25, 0.3) is 0 Å². The number of amides is 3. The molecule has 0 saturated carbocycles. The zero-order valence-corrected chi connectivity index (χ0v) is 29.6. The molecule has 260 valence electrons. The van der Waals surface area contributed by atoms with E-state index < -0.39 is 33.9 Å². The number of fused-ring (bicyclic) bond motifs is 1. The molecule has 0 spiro atoms. The number of morpholine rings is 1. The molecule has 1 saturated heterocycles. The Labute approximate surface area is 287 Å². The molecule has 0 unspecified atom stereocenters. The van der Waals surface area contributed by atoms with Gasteiger partial charge in [-0.2, -0.15) is 0 Å². The summed E-state index contributed by atoms with van der Waals surface area (Å²) in [6.45, 7) is 9.46. The van der Waals surface area contributed by atoms with Gasteiger partial charge in [-0.15, -0.1) is 0 Å². The number of methoxy groups -OCH3 is 1. The van der Waals surface area contributed by atoms with Crippen molar-refractivity contribution in [3.63, 3.8) is 0 Å². The Morgan fingerprint density at radius 2 is 1.67 bits per heavy atom. The van der Waals surface area contributed by atoms with Crippen LogP contribution in [0.3, 0.4) is 0 Å². The number of nitrogens with zero attached hydrogens (tertiary/aromatic N) is 3. The van der Waals surface area contributed by atoms with E-state index in [2.05, 4.69) is 26.9 Å². The molecular formula is C36H44N6O6S. The molecule has 3 aromatic carbocycles. The minimum atomic E-state index is -3.92. The molecule has 0 atom stereocenters. The van der Waals surface area contributed by atoms with Crippen molar-refractivity contribution in [1.29, 1.82) is 0 Å². The minimum Gasteiger partial charge on any atom is -0.492 e. The van der Waals surface area contributed by atoms with Crippen molar-refractivity contribution < 1.29 is 27.5 Å². The highest BCUT2D eigenvalue weighted by Crippen LogP contribution is 2.42. The molecule has 49 heavy (non-hydrogen) atoms. The second-order valence-corrected chi connectivity index (χ2v) is 14.9. The van der Waals surface area contributed by atoms with Crippen LogP contribution >= 0.6 is 0 Å². The first kappa shape index (κ1) is 35.6. The number of benzene rings is 3. The van der Waals surface area contributed by atoms with Gasteiger partial charge in [-0.3, -0.25) is 19.0 Å². The van der Waals surface area contributed by atoms with E-state index in [4.69, 9.17) is 14.5 Å². The first-order valence-electron chi connectivity index (χ1n) is 16.0. The minimum absolute atomic E-state index is 0.0993. The Morgan fingerprint density at radius 1 is 0.980 bits per heavy atom. The average Bonchev–Trinajstić information content (AvgIpc) is 3.07. The third-order valence-corrected chi connectivity index (χ3v) is 9.55. The van der Waals surface area contributed by atoms with Crippen molar-refractivity contribution >= 4 is 49.8 Å². The monoisotopic (exact) mass is 688 g/mol. The number of pyridine rings is 1. The lowest BCUT2D eigenvalue weighted by Crippen LogP contribution is -2.39. The van der Waals surface area contributed by atoms with Crippen LogP contribution in [0.4, 0.5) is 21.9 Å². The highest BCUT2D eigenvalue weighted by atomic mass is 32.2. The summed E-state index contributed by atoms with van der Waals surface area (Å²) < 4.78 is 37.9. The first-order valence-corrected chi connectivity index (χ1v) is 17.9. The highest BCUT2D eigenvalue weighted by Gasteiger charge is 2.29. The molecule has 0 bridgehead atoms. The van der Waals surface area contributed by atoms with Crippen LogP contribution in [0.5, 0.6) is 5.75 Å². The SMILES string of the molecule is CNC(=O)CN(c1cc(C(C)(C)C)cc(NC(=O)Nc2ccc(-c3ccc(CN4CCOCC4)nc3)c3ccccc23)c1OC)S(C)(=O)=O. The van der Waals surface area contributed by atoms with Crippen molar-refractivity contribution in [3.8, 4) is 16.9 Å². The maximum atomic E-state index is 13.6. The number of urea groups is 1. The summed E-state index contributed by atoms with van der Waals surface area (Å²) in [4.78, 5) is 33.0. The van der Waals surface area contributed by atoms with Crippen LogP contribution < -0.4 is 25.0 Å². The Bertz CT molecular complexity index is 1940. The molecule has 0 radical (unpaired) electrons. The van der Waals surface area contributed by atoms with Crippen LogP contribution in [0.15, 0.2) is 66.9 Å². The first-order chi connectivity index (χ1) is 23.3.